The van der Waals surface area contributed by atoms with E-state index in [2.05, 4.69) is 0 Å². The number of amides is 3. The molecule has 0 saturated carbocycles. The monoisotopic (exact) mass is 326 g/mol. The van der Waals surface area contributed by atoms with Gasteiger partial charge in [0.1, 0.15) is 5.54 Å². The molecule has 0 aromatic rings. The second kappa shape index (κ2) is 6.57. The molecule has 0 aromatic carbocycles. The van der Waals surface area contributed by atoms with E-state index < -0.39 is 17.3 Å². The van der Waals surface area contributed by atoms with Crippen molar-refractivity contribution in [1.82, 2.24) is 9.80 Å². The minimum absolute atomic E-state index is 0.00994. The smallest absolute Gasteiger partial charge is 0.373 e. The van der Waals surface area contributed by atoms with Crippen molar-refractivity contribution in [1.29, 1.82) is 0 Å². The van der Waals surface area contributed by atoms with Crippen molar-refractivity contribution in [2.75, 3.05) is 26.3 Å². The highest BCUT2D eigenvalue weighted by Gasteiger charge is 2.52. The summed E-state index contributed by atoms with van der Waals surface area (Å²) in [7, 11) is 0. The Kier molecular flexibility index (Phi) is 4.93. The van der Waals surface area contributed by atoms with Crippen molar-refractivity contribution >= 4 is 17.9 Å². The highest BCUT2D eigenvalue weighted by Crippen LogP contribution is 2.29. The Balaban J connectivity index is 1.86. The number of aliphatic hydroxyl groups excluding tert-OH is 1. The van der Waals surface area contributed by atoms with Gasteiger partial charge in [-0.15, -0.1) is 0 Å². The number of carbonyl (C=O) groups excluding carboxylic acids is 3. The average Bonchev–Trinajstić information content (AvgIpc) is 3.31. The van der Waals surface area contributed by atoms with E-state index >= 15 is 0 Å². The largest absolute Gasteiger partial charge is 0.502 e. The molecule has 8 nitrogen and oxygen atoms in total. The number of epoxide rings is 1. The van der Waals surface area contributed by atoms with Gasteiger partial charge in [0.15, 0.2) is 5.76 Å². The molecule has 128 valence electrons. The van der Waals surface area contributed by atoms with E-state index in [1.807, 2.05) is 0 Å². The number of hydrogen-bond donors (Lipinski definition) is 1. The Bertz CT molecular complexity index is 538. The average molecular weight is 326 g/mol. The first-order valence-corrected chi connectivity index (χ1v) is 7.56. The number of esters is 1. The normalized spacial score (nSPS) is 23.4. The van der Waals surface area contributed by atoms with Gasteiger partial charge >= 0.3 is 12.0 Å². The molecule has 0 aromatic heterocycles. The van der Waals surface area contributed by atoms with E-state index in [9.17, 15) is 14.4 Å². The minimum atomic E-state index is -0.900. The standard InChI is InChI=1S/C15H22N2O6/c1-4-11(18)12(19)22-7-5-6-16-13(20)15(2,3)17(14(16)21)8-10-9-23-10/h4,10,18H,5-9H2,1-3H3. The topological polar surface area (TPSA) is 99.7 Å². The molecular formula is C15H22N2O6. The highest BCUT2D eigenvalue weighted by molar-refractivity contribution is 6.06. The number of imide groups is 1. The summed E-state index contributed by atoms with van der Waals surface area (Å²) >= 11 is 0. The van der Waals surface area contributed by atoms with Crippen molar-refractivity contribution in [2.45, 2.75) is 38.8 Å². The van der Waals surface area contributed by atoms with Crippen molar-refractivity contribution < 1.29 is 29.0 Å². The molecule has 1 unspecified atom stereocenters. The van der Waals surface area contributed by atoms with Crippen LogP contribution in [0.5, 0.6) is 0 Å². The van der Waals surface area contributed by atoms with Crippen LogP contribution in [0.4, 0.5) is 4.79 Å². The van der Waals surface area contributed by atoms with Gasteiger partial charge < -0.3 is 19.5 Å². The Labute approximate surface area is 134 Å². The predicted molar refractivity (Wildman–Crippen MR) is 79.6 cm³/mol. The van der Waals surface area contributed by atoms with Crippen LogP contribution in [0.3, 0.4) is 0 Å². The van der Waals surface area contributed by atoms with Crippen molar-refractivity contribution in [2.24, 2.45) is 0 Å². The number of aliphatic hydroxyl groups is 1. The quantitative estimate of drug-likeness (QED) is 0.186. The van der Waals surface area contributed by atoms with Crippen LogP contribution >= 0.6 is 0 Å². The molecule has 2 aliphatic rings. The van der Waals surface area contributed by atoms with E-state index in [1.54, 1.807) is 13.8 Å². The second-order valence-electron chi connectivity index (χ2n) is 6.03. The molecule has 2 fully saturated rings. The van der Waals surface area contributed by atoms with Gasteiger partial charge in [0, 0.05) is 6.54 Å². The molecular weight excluding hydrogens is 304 g/mol. The molecule has 3 amide bonds. The van der Waals surface area contributed by atoms with Crippen LogP contribution in [0.2, 0.25) is 0 Å². The van der Waals surface area contributed by atoms with Crippen molar-refractivity contribution in [3.8, 4) is 0 Å². The third-order valence-corrected chi connectivity index (χ3v) is 3.94. The molecule has 2 saturated heterocycles. The first kappa shape index (κ1) is 17.3. The maximum Gasteiger partial charge on any atom is 0.373 e. The first-order valence-electron chi connectivity index (χ1n) is 7.56. The van der Waals surface area contributed by atoms with Gasteiger partial charge in [-0.1, -0.05) is 0 Å². The molecule has 1 N–H and O–H groups in total. The minimum Gasteiger partial charge on any atom is -0.502 e. The molecule has 8 heteroatoms. The zero-order valence-electron chi connectivity index (χ0n) is 13.6. The number of hydrogen-bond acceptors (Lipinski definition) is 6. The molecule has 2 heterocycles. The molecule has 1 atom stereocenters. The summed E-state index contributed by atoms with van der Waals surface area (Å²) in [5, 5.41) is 9.16. The van der Waals surface area contributed by atoms with Crippen LogP contribution in [0.15, 0.2) is 11.8 Å². The SMILES string of the molecule is CC=C(O)C(=O)OCCCN1C(=O)N(CC2CO2)C(C)(C)C1=O. The van der Waals surface area contributed by atoms with Crippen LogP contribution in [0.1, 0.15) is 27.2 Å². The zero-order valence-corrected chi connectivity index (χ0v) is 13.6. The van der Waals surface area contributed by atoms with E-state index in [1.165, 1.54) is 22.8 Å². The van der Waals surface area contributed by atoms with Crippen molar-refractivity contribution in [3.05, 3.63) is 11.8 Å². The fourth-order valence-electron chi connectivity index (χ4n) is 2.38. The van der Waals surface area contributed by atoms with Crippen LogP contribution in [-0.2, 0) is 19.1 Å². The van der Waals surface area contributed by atoms with Crippen LogP contribution in [0, 0.1) is 0 Å². The molecule has 2 rings (SSSR count). The van der Waals surface area contributed by atoms with E-state index in [0.717, 1.165) is 0 Å². The lowest BCUT2D eigenvalue weighted by Crippen LogP contribution is -2.45. The number of ether oxygens (including phenoxy) is 2. The number of urea groups is 1. The van der Waals surface area contributed by atoms with Gasteiger partial charge in [0.25, 0.3) is 5.91 Å². The van der Waals surface area contributed by atoms with E-state index in [-0.39, 0.29) is 31.2 Å². The lowest BCUT2D eigenvalue weighted by molar-refractivity contribution is -0.142. The van der Waals surface area contributed by atoms with Gasteiger partial charge in [0.05, 0.1) is 25.9 Å². The van der Waals surface area contributed by atoms with Crippen molar-refractivity contribution in [3.63, 3.8) is 0 Å². The Morgan fingerprint density at radius 1 is 1.48 bits per heavy atom. The lowest BCUT2D eigenvalue weighted by atomic mass is 10.0. The highest BCUT2D eigenvalue weighted by atomic mass is 16.6. The van der Waals surface area contributed by atoms with Gasteiger partial charge in [-0.05, 0) is 33.3 Å². The molecule has 0 radical (unpaired) electrons. The van der Waals surface area contributed by atoms with Crippen LogP contribution in [0.25, 0.3) is 0 Å². The maximum atomic E-state index is 12.4. The zero-order chi connectivity index (χ0) is 17.2. The fraction of sp³-hybridized carbons (Fsp3) is 0.667. The predicted octanol–water partition coefficient (Wildman–Crippen LogP) is 0.823. The molecule has 0 bridgehead atoms. The third-order valence-electron chi connectivity index (χ3n) is 3.94. The molecule has 2 aliphatic heterocycles. The Morgan fingerprint density at radius 3 is 2.70 bits per heavy atom. The second-order valence-corrected chi connectivity index (χ2v) is 6.03. The lowest BCUT2D eigenvalue weighted by Gasteiger charge is -2.26. The number of rotatable bonds is 7. The number of allylic oxidation sites excluding steroid dienone is 1. The fourth-order valence-corrected chi connectivity index (χ4v) is 2.38. The summed E-state index contributed by atoms with van der Waals surface area (Å²) in [6, 6.07) is -0.349. The molecule has 23 heavy (non-hydrogen) atoms. The van der Waals surface area contributed by atoms with Gasteiger partial charge in [-0.2, -0.15) is 0 Å². The maximum absolute atomic E-state index is 12.4. The van der Waals surface area contributed by atoms with Gasteiger partial charge in [-0.25, -0.2) is 9.59 Å². The number of carbonyl (C=O) groups is 3. The van der Waals surface area contributed by atoms with E-state index in [0.29, 0.717) is 19.6 Å². The number of nitrogens with zero attached hydrogens (tertiary/aromatic N) is 2. The van der Waals surface area contributed by atoms with E-state index in [4.69, 9.17) is 14.6 Å². The third kappa shape index (κ3) is 3.64. The summed E-state index contributed by atoms with van der Waals surface area (Å²) in [4.78, 5) is 38.8. The Morgan fingerprint density at radius 2 is 2.13 bits per heavy atom. The summed E-state index contributed by atoms with van der Waals surface area (Å²) < 4.78 is 9.97. The summed E-state index contributed by atoms with van der Waals surface area (Å²) in [5.74, 6) is -1.56. The Hall–Kier alpha value is -2.09. The first-order chi connectivity index (χ1) is 10.8. The molecule has 0 spiro atoms. The van der Waals surface area contributed by atoms with Gasteiger partial charge in [-0.3, -0.25) is 9.69 Å². The van der Waals surface area contributed by atoms with Gasteiger partial charge in [0.2, 0.25) is 0 Å². The van der Waals surface area contributed by atoms with Crippen LogP contribution in [-0.4, -0.2) is 70.8 Å². The van der Waals surface area contributed by atoms with Crippen LogP contribution < -0.4 is 0 Å². The summed E-state index contributed by atoms with van der Waals surface area (Å²) in [6.07, 6.45) is 1.55. The summed E-state index contributed by atoms with van der Waals surface area (Å²) in [6.45, 7) is 6.11. The molecule has 0 aliphatic carbocycles. The summed E-state index contributed by atoms with van der Waals surface area (Å²) in [5.41, 5.74) is -0.900.